The molecule has 1 nitrogen and oxygen atoms in total. The van der Waals surface area contributed by atoms with Gasteiger partial charge in [0.2, 0.25) is 0 Å². The van der Waals surface area contributed by atoms with E-state index in [1.807, 2.05) is 11.3 Å². The van der Waals surface area contributed by atoms with E-state index in [1.54, 1.807) is 0 Å². The van der Waals surface area contributed by atoms with E-state index in [-0.39, 0.29) is 0 Å². The van der Waals surface area contributed by atoms with Crippen LogP contribution in [0, 0.1) is 0 Å². The Hall–Kier alpha value is -7.00. The summed E-state index contributed by atoms with van der Waals surface area (Å²) in [6.07, 6.45) is 0. The monoisotopic (exact) mass is 743 g/mol. The smallest absolute Gasteiger partial charge is 0.0728 e. The van der Waals surface area contributed by atoms with Crippen molar-refractivity contribution < 1.29 is 0 Å². The van der Waals surface area contributed by atoms with Crippen molar-refractivity contribution in [1.29, 1.82) is 0 Å². The fraction of sp³-hybridized carbons (Fsp3) is 0.0182. The van der Waals surface area contributed by atoms with Gasteiger partial charge in [0.25, 0.3) is 0 Å². The average molecular weight is 744 g/mol. The molecule has 0 N–H and O–H groups in total. The molecule has 0 bridgehead atoms. The molecular formula is C55H37NS. The predicted octanol–water partition coefficient (Wildman–Crippen LogP) is 15.2. The van der Waals surface area contributed by atoms with Gasteiger partial charge in [-0.3, -0.25) is 0 Å². The van der Waals surface area contributed by atoms with Crippen molar-refractivity contribution in [2.75, 3.05) is 4.90 Å². The quantitative estimate of drug-likeness (QED) is 0.157. The van der Waals surface area contributed by atoms with Crippen LogP contribution in [0.2, 0.25) is 0 Å². The lowest BCUT2D eigenvalue weighted by Crippen LogP contribution is -2.28. The molecular weight excluding hydrogens is 707 g/mol. The minimum Gasteiger partial charge on any atom is -0.310 e. The number of rotatable bonds is 7. The zero-order valence-corrected chi connectivity index (χ0v) is 32.0. The van der Waals surface area contributed by atoms with Crippen molar-refractivity contribution in [3.05, 3.63) is 247 Å². The molecule has 0 amide bonds. The molecule has 1 aromatic heterocycles. The minimum atomic E-state index is -0.459. The maximum atomic E-state index is 2.40. The summed E-state index contributed by atoms with van der Waals surface area (Å²) in [5.41, 5.74) is 14.4. The van der Waals surface area contributed by atoms with Gasteiger partial charge in [-0.15, -0.1) is 11.3 Å². The Bertz CT molecular complexity index is 2990. The van der Waals surface area contributed by atoms with Gasteiger partial charge in [-0.25, -0.2) is 0 Å². The standard InChI is InChI=1S/C55H37NS/c1-4-16-38(17-5-1)39-30-34-44(35-31-39)56(50-28-14-19-40-18-10-11-24-46(40)50)45-36-32-41(33-37-45)47-26-15-27-49-52(47)54-53(48-25-12-13-29-51(48)57-54)55(49,42-20-6-2-7-21-42)43-22-8-3-9-23-43/h1-37H. The molecule has 2 heteroatoms. The van der Waals surface area contributed by atoms with Crippen molar-refractivity contribution >= 4 is 49.3 Å². The summed E-state index contributed by atoms with van der Waals surface area (Å²) in [6.45, 7) is 0. The van der Waals surface area contributed by atoms with Gasteiger partial charge in [0.15, 0.2) is 0 Å². The van der Waals surface area contributed by atoms with E-state index in [4.69, 9.17) is 0 Å². The van der Waals surface area contributed by atoms with Gasteiger partial charge in [0.05, 0.1) is 11.1 Å². The van der Waals surface area contributed by atoms with Crippen molar-refractivity contribution in [1.82, 2.24) is 0 Å². The molecule has 0 spiro atoms. The zero-order chi connectivity index (χ0) is 37.8. The summed E-state index contributed by atoms with van der Waals surface area (Å²) in [5, 5.41) is 3.76. The number of thiophene rings is 1. The average Bonchev–Trinajstić information content (AvgIpc) is 3.82. The first kappa shape index (κ1) is 33.3. The minimum absolute atomic E-state index is 0.459. The van der Waals surface area contributed by atoms with Crippen LogP contribution in [0.1, 0.15) is 22.3 Å². The normalized spacial score (nSPS) is 12.7. The number of benzene rings is 9. The lowest BCUT2D eigenvalue weighted by molar-refractivity contribution is 0.777. The van der Waals surface area contributed by atoms with Gasteiger partial charge < -0.3 is 4.90 Å². The molecule has 9 aromatic carbocycles. The van der Waals surface area contributed by atoms with E-state index in [0.29, 0.717) is 0 Å². The van der Waals surface area contributed by atoms with Gasteiger partial charge in [-0.1, -0.05) is 188 Å². The molecule has 10 aromatic rings. The first-order chi connectivity index (χ1) is 28.3. The van der Waals surface area contributed by atoms with Crippen LogP contribution in [-0.2, 0) is 5.41 Å². The highest BCUT2D eigenvalue weighted by Crippen LogP contribution is 2.62. The highest BCUT2D eigenvalue weighted by Gasteiger charge is 2.49. The van der Waals surface area contributed by atoms with Crippen molar-refractivity contribution in [2.45, 2.75) is 5.41 Å². The Morgan fingerprint density at radius 1 is 0.386 bits per heavy atom. The molecule has 268 valence electrons. The van der Waals surface area contributed by atoms with Gasteiger partial charge >= 0.3 is 0 Å². The molecule has 1 aliphatic rings. The highest BCUT2D eigenvalue weighted by atomic mass is 32.1. The Balaban J connectivity index is 1.10. The first-order valence-corrected chi connectivity index (χ1v) is 20.4. The molecule has 57 heavy (non-hydrogen) atoms. The van der Waals surface area contributed by atoms with Crippen LogP contribution < -0.4 is 4.90 Å². The zero-order valence-electron chi connectivity index (χ0n) is 31.2. The van der Waals surface area contributed by atoms with Crippen molar-refractivity contribution in [2.24, 2.45) is 0 Å². The van der Waals surface area contributed by atoms with Crippen LogP contribution in [0.15, 0.2) is 224 Å². The Morgan fingerprint density at radius 2 is 0.912 bits per heavy atom. The maximum absolute atomic E-state index is 2.40. The van der Waals surface area contributed by atoms with Crippen LogP contribution in [-0.4, -0.2) is 0 Å². The van der Waals surface area contributed by atoms with Gasteiger partial charge in [0.1, 0.15) is 0 Å². The summed E-state index contributed by atoms with van der Waals surface area (Å²) in [4.78, 5) is 3.76. The van der Waals surface area contributed by atoms with Gasteiger partial charge in [-0.2, -0.15) is 0 Å². The molecule has 0 unspecified atom stereocenters. The molecule has 1 aliphatic carbocycles. The Labute approximate surface area is 337 Å². The number of hydrogen-bond donors (Lipinski definition) is 0. The van der Waals surface area contributed by atoms with Gasteiger partial charge in [0, 0.05) is 31.9 Å². The van der Waals surface area contributed by atoms with E-state index in [0.717, 1.165) is 17.1 Å². The third-order valence-electron chi connectivity index (χ3n) is 11.8. The van der Waals surface area contributed by atoms with Crippen LogP contribution >= 0.6 is 11.3 Å². The van der Waals surface area contributed by atoms with Crippen molar-refractivity contribution in [3.8, 4) is 32.7 Å². The van der Waals surface area contributed by atoms with Crippen LogP contribution in [0.3, 0.4) is 0 Å². The molecule has 0 saturated heterocycles. The van der Waals surface area contributed by atoms with Crippen LogP contribution in [0.5, 0.6) is 0 Å². The Kier molecular flexibility index (Phi) is 7.98. The molecule has 0 radical (unpaired) electrons. The summed E-state index contributed by atoms with van der Waals surface area (Å²) in [7, 11) is 0. The molecule has 11 rings (SSSR count). The predicted molar refractivity (Wildman–Crippen MR) is 242 cm³/mol. The molecule has 0 aliphatic heterocycles. The van der Waals surface area contributed by atoms with E-state index in [1.165, 1.54) is 75.8 Å². The molecule has 1 heterocycles. The summed E-state index contributed by atoms with van der Waals surface area (Å²) in [6, 6.07) is 82.2. The number of hydrogen-bond acceptors (Lipinski definition) is 2. The lowest BCUT2D eigenvalue weighted by atomic mass is 9.67. The lowest BCUT2D eigenvalue weighted by Gasteiger charge is -2.34. The van der Waals surface area contributed by atoms with E-state index >= 15 is 0 Å². The van der Waals surface area contributed by atoms with E-state index < -0.39 is 5.41 Å². The topological polar surface area (TPSA) is 3.24 Å². The van der Waals surface area contributed by atoms with E-state index in [2.05, 4.69) is 229 Å². The van der Waals surface area contributed by atoms with Crippen molar-refractivity contribution in [3.63, 3.8) is 0 Å². The second-order valence-electron chi connectivity index (χ2n) is 14.8. The van der Waals surface area contributed by atoms with Crippen LogP contribution in [0.4, 0.5) is 17.1 Å². The third-order valence-corrected chi connectivity index (χ3v) is 12.9. The SMILES string of the molecule is c1ccc(-c2ccc(N(c3ccc(-c4cccc5c4-c4sc6ccccc6c4C5(c4ccccc4)c4ccccc4)cc3)c3cccc4ccccc34)cc2)cc1. The molecule has 0 saturated carbocycles. The summed E-state index contributed by atoms with van der Waals surface area (Å²) >= 11 is 1.92. The second-order valence-corrected chi connectivity index (χ2v) is 15.9. The fourth-order valence-electron chi connectivity index (χ4n) is 9.28. The fourth-order valence-corrected chi connectivity index (χ4v) is 10.6. The van der Waals surface area contributed by atoms with E-state index in [9.17, 15) is 0 Å². The molecule has 0 fully saturated rings. The highest BCUT2D eigenvalue weighted by molar-refractivity contribution is 7.22. The first-order valence-electron chi connectivity index (χ1n) is 19.6. The largest absolute Gasteiger partial charge is 0.310 e. The number of fused-ring (bicyclic) bond motifs is 6. The summed E-state index contributed by atoms with van der Waals surface area (Å²) < 4.78 is 1.32. The van der Waals surface area contributed by atoms with Crippen LogP contribution in [0.25, 0.3) is 53.6 Å². The van der Waals surface area contributed by atoms with Gasteiger partial charge in [-0.05, 0) is 91.7 Å². The number of anilines is 3. The number of nitrogens with zero attached hydrogens (tertiary/aromatic N) is 1. The molecule has 0 atom stereocenters. The third kappa shape index (κ3) is 5.29. The maximum Gasteiger partial charge on any atom is 0.0728 e. The summed E-state index contributed by atoms with van der Waals surface area (Å²) in [5.74, 6) is 0. The second kappa shape index (κ2) is 13.6. The Morgan fingerprint density at radius 3 is 1.60 bits per heavy atom.